The zero-order valence-corrected chi connectivity index (χ0v) is 11.4. The van der Waals surface area contributed by atoms with Gasteiger partial charge in [-0.3, -0.25) is 0 Å². The highest BCUT2D eigenvalue weighted by Gasteiger charge is 2.29. The Labute approximate surface area is 110 Å². The standard InChI is InChI=1S/C12H17N5S/c1-8(7-18-2)13-10-5-6-11-14-15-12(9-3-4-9)17(11)16-10/h5-6,8-9H,3-4,7H2,1-2H3,(H,13,16). The molecule has 0 aliphatic heterocycles. The Morgan fingerprint density at radius 3 is 3.00 bits per heavy atom. The van der Waals surface area contributed by atoms with Crippen molar-refractivity contribution in [2.45, 2.75) is 31.7 Å². The zero-order chi connectivity index (χ0) is 12.5. The van der Waals surface area contributed by atoms with Gasteiger partial charge in [-0.1, -0.05) is 0 Å². The van der Waals surface area contributed by atoms with Crippen LogP contribution in [0.5, 0.6) is 0 Å². The van der Waals surface area contributed by atoms with E-state index in [0.29, 0.717) is 12.0 Å². The smallest absolute Gasteiger partial charge is 0.178 e. The fourth-order valence-electron chi connectivity index (χ4n) is 2.02. The number of anilines is 1. The average molecular weight is 263 g/mol. The van der Waals surface area contributed by atoms with Gasteiger partial charge in [-0.2, -0.15) is 16.3 Å². The number of aromatic nitrogens is 4. The molecular weight excluding hydrogens is 246 g/mol. The number of hydrogen-bond acceptors (Lipinski definition) is 5. The van der Waals surface area contributed by atoms with Crippen molar-refractivity contribution in [3.8, 4) is 0 Å². The molecule has 18 heavy (non-hydrogen) atoms. The Morgan fingerprint density at radius 1 is 1.44 bits per heavy atom. The molecule has 0 radical (unpaired) electrons. The summed E-state index contributed by atoms with van der Waals surface area (Å²) in [4.78, 5) is 0. The third-order valence-electron chi connectivity index (χ3n) is 3.04. The number of rotatable bonds is 5. The molecule has 0 amide bonds. The predicted octanol–water partition coefficient (Wildman–Crippen LogP) is 2.17. The monoisotopic (exact) mass is 263 g/mol. The summed E-state index contributed by atoms with van der Waals surface area (Å²) in [6.45, 7) is 2.16. The Kier molecular flexibility index (Phi) is 3.11. The first-order valence-corrected chi connectivity index (χ1v) is 7.65. The minimum atomic E-state index is 0.408. The summed E-state index contributed by atoms with van der Waals surface area (Å²) in [5.41, 5.74) is 0.833. The van der Waals surface area contributed by atoms with Crippen molar-refractivity contribution in [1.29, 1.82) is 0 Å². The van der Waals surface area contributed by atoms with Crippen LogP contribution >= 0.6 is 11.8 Å². The molecule has 1 aliphatic carbocycles. The van der Waals surface area contributed by atoms with Crippen LogP contribution in [0.4, 0.5) is 5.82 Å². The normalized spacial score (nSPS) is 17.0. The molecule has 0 saturated heterocycles. The molecule has 1 atom stereocenters. The summed E-state index contributed by atoms with van der Waals surface area (Å²) in [6, 6.07) is 4.35. The summed E-state index contributed by atoms with van der Waals surface area (Å²) in [5.74, 6) is 3.53. The van der Waals surface area contributed by atoms with E-state index in [1.165, 1.54) is 12.8 Å². The summed E-state index contributed by atoms with van der Waals surface area (Å²) >= 11 is 1.83. The number of nitrogens with zero attached hydrogens (tertiary/aromatic N) is 4. The van der Waals surface area contributed by atoms with Gasteiger partial charge in [-0.15, -0.1) is 15.3 Å². The van der Waals surface area contributed by atoms with E-state index in [1.54, 1.807) is 0 Å². The maximum atomic E-state index is 4.59. The summed E-state index contributed by atoms with van der Waals surface area (Å²) < 4.78 is 1.88. The Morgan fingerprint density at radius 2 is 2.28 bits per heavy atom. The van der Waals surface area contributed by atoms with Crippen LogP contribution in [0.15, 0.2) is 12.1 Å². The molecule has 1 fully saturated rings. The van der Waals surface area contributed by atoms with Crippen LogP contribution in [0.3, 0.4) is 0 Å². The maximum absolute atomic E-state index is 4.59. The van der Waals surface area contributed by atoms with Crippen LogP contribution in [0.1, 0.15) is 31.5 Å². The van der Waals surface area contributed by atoms with E-state index in [2.05, 4.69) is 33.8 Å². The lowest BCUT2D eigenvalue weighted by atomic mass is 10.4. The van der Waals surface area contributed by atoms with Gasteiger partial charge >= 0.3 is 0 Å². The molecule has 6 heteroatoms. The van der Waals surface area contributed by atoms with Gasteiger partial charge in [0.1, 0.15) is 5.82 Å². The average Bonchev–Trinajstić information content (AvgIpc) is 3.10. The van der Waals surface area contributed by atoms with Gasteiger partial charge in [0, 0.05) is 17.7 Å². The fourth-order valence-corrected chi connectivity index (χ4v) is 2.61. The van der Waals surface area contributed by atoms with Gasteiger partial charge in [-0.05, 0) is 38.2 Å². The molecule has 0 spiro atoms. The van der Waals surface area contributed by atoms with E-state index in [9.17, 15) is 0 Å². The molecular formula is C12H17N5S. The molecule has 1 N–H and O–H groups in total. The summed E-state index contributed by atoms with van der Waals surface area (Å²) in [7, 11) is 0. The largest absolute Gasteiger partial charge is 0.365 e. The van der Waals surface area contributed by atoms with Crippen LogP contribution in [0.25, 0.3) is 5.65 Å². The third kappa shape index (κ3) is 2.29. The lowest BCUT2D eigenvalue weighted by Gasteiger charge is -2.12. The first-order valence-electron chi connectivity index (χ1n) is 6.26. The second-order valence-electron chi connectivity index (χ2n) is 4.82. The quantitative estimate of drug-likeness (QED) is 0.896. The lowest BCUT2D eigenvalue weighted by Crippen LogP contribution is -2.19. The highest BCUT2D eigenvalue weighted by Crippen LogP contribution is 2.38. The predicted molar refractivity (Wildman–Crippen MR) is 74.2 cm³/mol. The van der Waals surface area contributed by atoms with Crippen molar-refractivity contribution >= 4 is 23.2 Å². The lowest BCUT2D eigenvalue weighted by molar-refractivity contribution is 0.803. The number of thioether (sulfide) groups is 1. The first-order chi connectivity index (χ1) is 8.78. The third-order valence-corrected chi connectivity index (χ3v) is 3.87. The molecule has 1 saturated carbocycles. The van der Waals surface area contributed by atoms with Gasteiger partial charge in [-0.25, -0.2) is 0 Å². The zero-order valence-electron chi connectivity index (χ0n) is 10.6. The van der Waals surface area contributed by atoms with Crippen molar-refractivity contribution in [3.05, 3.63) is 18.0 Å². The molecule has 3 rings (SSSR count). The second kappa shape index (κ2) is 4.76. The van der Waals surface area contributed by atoms with Crippen molar-refractivity contribution < 1.29 is 0 Å². The summed E-state index contributed by atoms with van der Waals surface area (Å²) in [5, 5.41) is 16.4. The molecule has 96 valence electrons. The molecule has 0 aromatic carbocycles. The van der Waals surface area contributed by atoms with Crippen LogP contribution in [0, 0.1) is 0 Å². The van der Waals surface area contributed by atoms with E-state index in [-0.39, 0.29) is 0 Å². The van der Waals surface area contributed by atoms with E-state index < -0.39 is 0 Å². The minimum absolute atomic E-state index is 0.408. The van der Waals surface area contributed by atoms with E-state index >= 15 is 0 Å². The molecule has 5 nitrogen and oxygen atoms in total. The topological polar surface area (TPSA) is 55.1 Å². The molecule has 2 aromatic rings. The molecule has 2 heterocycles. The van der Waals surface area contributed by atoms with Gasteiger partial charge < -0.3 is 5.32 Å². The van der Waals surface area contributed by atoms with Gasteiger partial charge in [0.2, 0.25) is 0 Å². The molecule has 1 unspecified atom stereocenters. The van der Waals surface area contributed by atoms with Crippen LogP contribution in [0.2, 0.25) is 0 Å². The molecule has 2 aromatic heterocycles. The fraction of sp³-hybridized carbons (Fsp3) is 0.583. The number of nitrogens with one attached hydrogen (secondary N) is 1. The number of hydrogen-bond donors (Lipinski definition) is 1. The Balaban J connectivity index is 1.87. The Bertz CT molecular complexity index is 548. The van der Waals surface area contributed by atoms with Crippen LogP contribution < -0.4 is 5.32 Å². The highest BCUT2D eigenvalue weighted by atomic mass is 32.2. The van der Waals surface area contributed by atoms with E-state index in [4.69, 9.17) is 0 Å². The Hall–Kier alpha value is -1.30. The van der Waals surface area contributed by atoms with Crippen molar-refractivity contribution in [2.24, 2.45) is 0 Å². The SMILES string of the molecule is CSCC(C)Nc1ccc2nnc(C3CC3)n2n1. The van der Waals surface area contributed by atoms with Gasteiger partial charge in [0.25, 0.3) is 0 Å². The minimum Gasteiger partial charge on any atom is -0.365 e. The van der Waals surface area contributed by atoms with Crippen molar-refractivity contribution in [3.63, 3.8) is 0 Å². The first kappa shape index (κ1) is 11.8. The van der Waals surface area contributed by atoms with Crippen LogP contribution in [-0.4, -0.2) is 37.9 Å². The second-order valence-corrected chi connectivity index (χ2v) is 5.73. The van der Waals surface area contributed by atoms with E-state index in [0.717, 1.165) is 23.0 Å². The maximum Gasteiger partial charge on any atom is 0.178 e. The highest BCUT2D eigenvalue weighted by molar-refractivity contribution is 7.98. The number of fused-ring (bicyclic) bond motifs is 1. The molecule has 1 aliphatic rings. The van der Waals surface area contributed by atoms with Gasteiger partial charge in [0.05, 0.1) is 0 Å². The summed E-state index contributed by atoms with van der Waals surface area (Å²) in [6.07, 6.45) is 4.53. The molecule has 0 bridgehead atoms. The van der Waals surface area contributed by atoms with Crippen molar-refractivity contribution in [2.75, 3.05) is 17.3 Å². The van der Waals surface area contributed by atoms with Gasteiger partial charge in [0.15, 0.2) is 11.5 Å². The van der Waals surface area contributed by atoms with Crippen LogP contribution in [-0.2, 0) is 0 Å². The van der Waals surface area contributed by atoms with Crippen molar-refractivity contribution in [1.82, 2.24) is 19.8 Å². The van der Waals surface area contributed by atoms with E-state index in [1.807, 2.05) is 28.4 Å².